The maximum Gasteiger partial charge on any atom is 0.224 e. The van der Waals surface area contributed by atoms with Crippen molar-refractivity contribution in [3.63, 3.8) is 0 Å². The standard InChI is InChI=1S/C26H22FN7OS/c1-2-4-22(35)30-16-9-14(11-28-13-16)15-10-18-24(33-34-25(18)29-12-15)26-31-19-6-3-5-17(23(19)32-26)20-7-8-21(27)36-20/h3,5-6,8-13,20H,2,4,7H2,1H3,(H,30,35)(H,31,32)(H,29,33,34). The zero-order chi connectivity index (χ0) is 24.6. The third kappa shape index (κ3) is 4.13. The van der Waals surface area contributed by atoms with Crippen molar-refractivity contribution in [2.75, 3.05) is 5.32 Å². The topological polar surface area (TPSA) is 112 Å². The number of carbonyl (C=O) groups is 1. The van der Waals surface area contributed by atoms with E-state index in [4.69, 9.17) is 4.98 Å². The predicted molar refractivity (Wildman–Crippen MR) is 140 cm³/mol. The van der Waals surface area contributed by atoms with Crippen molar-refractivity contribution < 1.29 is 9.18 Å². The maximum absolute atomic E-state index is 13.7. The summed E-state index contributed by atoms with van der Waals surface area (Å²) in [6.45, 7) is 1.96. The van der Waals surface area contributed by atoms with E-state index in [1.165, 1.54) is 11.8 Å². The smallest absolute Gasteiger partial charge is 0.224 e. The van der Waals surface area contributed by atoms with Crippen molar-refractivity contribution in [3.05, 3.63) is 65.7 Å². The van der Waals surface area contributed by atoms with Gasteiger partial charge in [-0.25, -0.2) is 9.97 Å². The third-order valence-electron chi connectivity index (χ3n) is 6.12. The number of thioether (sulfide) groups is 1. The van der Waals surface area contributed by atoms with Gasteiger partial charge in [-0.2, -0.15) is 9.49 Å². The molecule has 36 heavy (non-hydrogen) atoms. The normalized spacial score (nSPS) is 15.5. The van der Waals surface area contributed by atoms with Gasteiger partial charge in [-0.05, 0) is 42.7 Å². The van der Waals surface area contributed by atoms with Crippen LogP contribution in [-0.2, 0) is 4.79 Å². The first kappa shape index (κ1) is 22.4. The van der Waals surface area contributed by atoms with Crippen LogP contribution in [-0.4, -0.2) is 36.0 Å². The molecule has 10 heteroatoms. The molecule has 0 aliphatic carbocycles. The molecule has 4 aromatic heterocycles. The summed E-state index contributed by atoms with van der Waals surface area (Å²) < 4.78 is 13.7. The molecule has 3 N–H and O–H groups in total. The molecule has 0 radical (unpaired) electrons. The molecule has 0 spiro atoms. The Bertz CT molecular complexity index is 1640. The highest BCUT2D eigenvalue weighted by molar-refractivity contribution is 8.03. The van der Waals surface area contributed by atoms with Crippen molar-refractivity contribution in [2.45, 2.75) is 31.4 Å². The van der Waals surface area contributed by atoms with Gasteiger partial charge in [0.15, 0.2) is 16.6 Å². The molecule has 5 aromatic rings. The lowest BCUT2D eigenvalue weighted by molar-refractivity contribution is -0.116. The molecule has 8 nitrogen and oxygen atoms in total. The minimum Gasteiger partial charge on any atom is -0.337 e. The lowest BCUT2D eigenvalue weighted by Gasteiger charge is -2.08. The van der Waals surface area contributed by atoms with E-state index in [0.29, 0.717) is 35.7 Å². The summed E-state index contributed by atoms with van der Waals surface area (Å²) in [6, 6.07) is 9.78. The number of H-pyrrole nitrogens is 2. The molecular formula is C26H22FN7OS. The van der Waals surface area contributed by atoms with Crippen molar-refractivity contribution >= 4 is 45.4 Å². The van der Waals surface area contributed by atoms with Gasteiger partial charge in [0.2, 0.25) is 5.91 Å². The molecule has 1 unspecified atom stereocenters. The number of benzene rings is 1. The van der Waals surface area contributed by atoms with Crippen LogP contribution in [0.1, 0.15) is 37.0 Å². The van der Waals surface area contributed by atoms with E-state index in [-0.39, 0.29) is 16.3 Å². The number of aromatic amines is 2. The van der Waals surface area contributed by atoms with Gasteiger partial charge in [-0.3, -0.25) is 14.9 Å². The molecule has 180 valence electrons. The molecule has 6 rings (SSSR count). The molecule has 1 amide bonds. The lowest BCUT2D eigenvalue weighted by atomic mass is 10.1. The van der Waals surface area contributed by atoms with Gasteiger partial charge in [-0.15, -0.1) is 0 Å². The highest BCUT2D eigenvalue weighted by Gasteiger charge is 2.24. The van der Waals surface area contributed by atoms with E-state index in [1.807, 2.05) is 37.3 Å². The third-order valence-corrected chi connectivity index (χ3v) is 7.24. The fourth-order valence-electron chi connectivity index (χ4n) is 4.41. The van der Waals surface area contributed by atoms with Crippen LogP contribution in [0.3, 0.4) is 0 Å². The molecule has 0 fully saturated rings. The van der Waals surface area contributed by atoms with Crippen molar-refractivity contribution in [1.29, 1.82) is 0 Å². The monoisotopic (exact) mass is 499 g/mol. The highest BCUT2D eigenvalue weighted by atomic mass is 32.2. The van der Waals surface area contributed by atoms with Crippen molar-refractivity contribution in [3.8, 4) is 22.6 Å². The number of aromatic nitrogens is 6. The highest BCUT2D eigenvalue weighted by Crippen LogP contribution is 2.46. The number of allylic oxidation sites excluding steroid dienone is 1. The lowest BCUT2D eigenvalue weighted by Crippen LogP contribution is -2.10. The average Bonchev–Trinajstić information content (AvgIpc) is 3.61. The van der Waals surface area contributed by atoms with E-state index < -0.39 is 0 Å². The molecule has 0 saturated carbocycles. The van der Waals surface area contributed by atoms with Gasteiger partial charge >= 0.3 is 0 Å². The van der Waals surface area contributed by atoms with Crippen LogP contribution < -0.4 is 5.32 Å². The SMILES string of the molecule is CCCC(=O)Nc1cncc(-c2cnc3n[nH]c(-c4nc5c(C6CC=C(F)S6)cccc5[nH]4)c3c2)c1. The predicted octanol–water partition coefficient (Wildman–Crippen LogP) is 6.29. The number of carbonyl (C=O) groups excluding carboxylic acids is 1. The summed E-state index contributed by atoms with van der Waals surface area (Å²) in [5.74, 6) is 0.593. The Morgan fingerprint density at radius 1 is 1.22 bits per heavy atom. The van der Waals surface area contributed by atoms with Crippen LogP contribution in [0.5, 0.6) is 0 Å². The number of hydrogen-bond donors (Lipinski definition) is 3. The molecule has 5 heterocycles. The van der Waals surface area contributed by atoms with E-state index in [1.54, 1.807) is 24.7 Å². The second kappa shape index (κ2) is 9.19. The van der Waals surface area contributed by atoms with Gasteiger partial charge in [0.1, 0.15) is 5.69 Å². The molecule has 1 aromatic carbocycles. The van der Waals surface area contributed by atoms with Crippen LogP contribution >= 0.6 is 11.8 Å². The van der Waals surface area contributed by atoms with Gasteiger partial charge < -0.3 is 10.3 Å². The number of para-hydroxylation sites is 1. The Morgan fingerprint density at radius 2 is 2.11 bits per heavy atom. The quantitative estimate of drug-likeness (QED) is 0.253. The van der Waals surface area contributed by atoms with E-state index in [2.05, 4.69) is 30.5 Å². The summed E-state index contributed by atoms with van der Waals surface area (Å²) in [5, 5.41) is 11.0. The van der Waals surface area contributed by atoms with Gasteiger partial charge in [0, 0.05) is 35.2 Å². The average molecular weight is 500 g/mol. The van der Waals surface area contributed by atoms with Crippen LogP contribution in [0.15, 0.2) is 60.2 Å². The van der Waals surface area contributed by atoms with Crippen LogP contribution in [0.4, 0.5) is 10.1 Å². The number of nitrogens with zero attached hydrogens (tertiary/aromatic N) is 4. The van der Waals surface area contributed by atoms with E-state index in [9.17, 15) is 9.18 Å². The van der Waals surface area contributed by atoms with Crippen LogP contribution in [0, 0.1) is 0 Å². The minimum absolute atomic E-state index is 0.00854. The van der Waals surface area contributed by atoms with Gasteiger partial charge in [0.05, 0.1) is 28.3 Å². The first-order valence-electron chi connectivity index (χ1n) is 11.7. The number of anilines is 1. The molecule has 0 bridgehead atoms. The number of nitrogens with one attached hydrogen (secondary N) is 3. The Labute approximate surface area is 209 Å². The fourth-order valence-corrected chi connectivity index (χ4v) is 5.38. The largest absolute Gasteiger partial charge is 0.337 e. The minimum atomic E-state index is -0.144. The molecule has 1 aliphatic rings. The van der Waals surface area contributed by atoms with Crippen molar-refractivity contribution in [2.24, 2.45) is 0 Å². The molecule has 1 aliphatic heterocycles. The number of hydrogen-bond acceptors (Lipinski definition) is 6. The second-order valence-electron chi connectivity index (χ2n) is 8.63. The molecule has 1 atom stereocenters. The Balaban J connectivity index is 1.37. The number of pyridine rings is 2. The Morgan fingerprint density at radius 3 is 2.94 bits per heavy atom. The zero-order valence-corrected chi connectivity index (χ0v) is 20.2. The Kier molecular flexibility index (Phi) is 5.73. The zero-order valence-electron chi connectivity index (χ0n) is 19.4. The summed E-state index contributed by atoms with van der Waals surface area (Å²) >= 11 is 1.23. The summed E-state index contributed by atoms with van der Waals surface area (Å²) in [7, 11) is 0. The summed E-state index contributed by atoms with van der Waals surface area (Å²) in [4.78, 5) is 29.1. The number of imidazole rings is 1. The number of amides is 1. The number of fused-ring (bicyclic) bond motifs is 2. The fraction of sp³-hybridized carbons (Fsp3) is 0.192. The summed E-state index contributed by atoms with van der Waals surface area (Å²) in [5.41, 5.74) is 6.27. The second-order valence-corrected chi connectivity index (χ2v) is 9.83. The first-order chi connectivity index (χ1) is 17.6. The number of halogens is 1. The summed E-state index contributed by atoms with van der Waals surface area (Å²) in [6.07, 6.45) is 8.59. The maximum atomic E-state index is 13.7. The molecular weight excluding hydrogens is 477 g/mol. The van der Waals surface area contributed by atoms with Crippen molar-refractivity contribution in [1.82, 2.24) is 30.1 Å². The van der Waals surface area contributed by atoms with E-state index in [0.717, 1.165) is 39.5 Å². The Hall–Kier alpha value is -4.05. The molecule has 0 saturated heterocycles. The van der Waals surface area contributed by atoms with E-state index >= 15 is 0 Å². The van der Waals surface area contributed by atoms with Gasteiger partial charge in [0.25, 0.3) is 0 Å². The van der Waals surface area contributed by atoms with Crippen LogP contribution in [0.25, 0.3) is 44.7 Å². The first-order valence-corrected chi connectivity index (χ1v) is 12.6. The van der Waals surface area contributed by atoms with Crippen LogP contribution in [0.2, 0.25) is 0 Å². The number of rotatable bonds is 6. The van der Waals surface area contributed by atoms with Gasteiger partial charge in [-0.1, -0.05) is 30.8 Å².